The van der Waals surface area contributed by atoms with Gasteiger partial charge in [-0.1, -0.05) is 59.5 Å². The Morgan fingerprint density at radius 1 is 0.372 bits per heavy atom. The fraction of sp³-hybridized carbons (Fsp3) is 0.192. The molecule has 411 valence electrons. The number of aromatic nitrogens is 8. The second-order valence-electron chi connectivity index (χ2n) is 15.0. The van der Waals surface area contributed by atoms with Crippen molar-refractivity contribution in [2.24, 2.45) is 10.2 Å². The Labute approximate surface area is 499 Å². The third-order valence-corrected chi connectivity index (χ3v) is 11.1. The van der Waals surface area contributed by atoms with Crippen LogP contribution in [0.5, 0.6) is 0 Å². The largest absolute Gasteiger partial charge is 4.00 e. The van der Waals surface area contributed by atoms with E-state index in [1.165, 1.54) is 0 Å². The van der Waals surface area contributed by atoms with Gasteiger partial charge in [-0.2, -0.15) is 0 Å². The summed E-state index contributed by atoms with van der Waals surface area (Å²) in [5, 5.41) is 19.9. The Balaban J connectivity index is 0.000000271. The minimum absolute atomic E-state index is 0. The van der Waals surface area contributed by atoms with Crippen molar-refractivity contribution in [3.8, 4) is 0 Å². The molecule has 0 amide bonds. The van der Waals surface area contributed by atoms with E-state index in [4.69, 9.17) is 50.5 Å². The van der Waals surface area contributed by atoms with Crippen molar-refractivity contribution in [1.82, 2.24) is 72.0 Å². The van der Waals surface area contributed by atoms with Crippen molar-refractivity contribution >= 4 is 60.9 Å². The molecule has 8 heterocycles. The molecule has 0 aliphatic heterocycles. The predicted octanol–water partition coefficient (Wildman–Crippen LogP) is 6.94. The van der Waals surface area contributed by atoms with Crippen LogP contribution in [0, 0.1) is 0 Å². The van der Waals surface area contributed by atoms with Crippen LogP contribution in [0.3, 0.4) is 0 Å². The van der Waals surface area contributed by atoms with Crippen LogP contribution in [-0.2, 0) is 84.7 Å². The van der Waals surface area contributed by atoms with Gasteiger partial charge in [-0.3, -0.25) is 39.9 Å². The van der Waals surface area contributed by atoms with Crippen molar-refractivity contribution in [3.05, 3.63) is 262 Å². The zero-order valence-electron chi connectivity index (χ0n) is 42.5. The molecule has 0 aliphatic rings. The molecular weight excluding hydrogens is 1150 g/mol. The van der Waals surface area contributed by atoms with Gasteiger partial charge in [-0.05, 0) is 146 Å². The van der Waals surface area contributed by atoms with Crippen molar-refractivity contribution in [2.75, 3.05) is 28.2 Å². The molecule has 0 aromatic carbocycles. The van der Waals surface area contributed by atoms with Crippen LogP contribution in [0.2, 0.25) is 0 Å². The molecule has 0 spiro atoms. The summed E-state index contributed by atoms with van der Waals surface area (Å²) in [6.45, 7) is 0. The number of nitrogens with one attached hydrogen (secondary N) is 6. The zero-order chi connectivity index (χ0) is 54.0. The van der Waals surface area contributed by atoms with Crippen LogP contribution in [0.25, 0.3) is 21.7 Å². The summed E-state index contributed by atoms with van der Waals surface area (Å²) in [5.41, 5.74) is 28.8. The molecule has 6 N–H and O–H groups in total. The average molecular weight is 1210 g/mol. The predicted molar refractivity (Wildman–Crippen MR) is 309 cm³/mol. The van der Waals surface area contributed by atoms with Gasteiger partial charge in [0.15, 0.2) is 0 Å². The van der Waals surface area contributed by atoms with E-state index >= 15 is 0 Å². The van der Waals surface area contributed by atoms with Crippen LogP contribution < -0.4 is 32.1 Å². The number of rotatable bonds is 20. The number of hydrogen-bond acceptors (Lipinski definition) is 18. The summed E-state index contributed by atoms with van der Waals surface area (Å²) >= 11 is 20.1. The minimum atomic E-state index is -0.353. The van der Waals surface area contributed by atoms with Crippen LogP contribution in [0.1, 0.15) is 69.7 Å². The number of amidine groups is 2. The first-order valence-corrected chi connectivity index (χ1v) is 25.1. The van der Waals surface area contributed by atoms with E-state index in [-0.39, 0.29) is 69.3 Å². The first-order chi connectivity index (χ1) is 37.2. The average Bonchev–Trinajstić information content (AvgIpc) is 3.49. The minimum Gasteiger partial charge on any atom is -0.760 e. The summed E-state index contributed by atoms with van der Waals surface area (Å²) in [7, 11) is 6.96. The molecule has 0 fully saturated rings. The molecule has 26 heteroatoms. The van der Waals surface area contributed by atoms with Crippen LogP contribution >= 0.6 is 0 Å². The Morgan fingerprint density at radius 3 is 0.744 bits per heavy atom. The molecule has 20 nitrogen and oxygen atoms in total. The quantitative estimate of drug-likeness (QED) is 0.0113. The van der Waals surface area contributed by atoms with E-state index < -0.39 is 0 Å². The van der Waals surface area contributed by atoms with Gasteiger partial charge in [0.1, 0.15) is 0 Å². The maximum atomic E-state index is 5.10. The molecule has 0 saturated carbocycles. The van der Waals surface area contributed by atoms with Crippen LogP contribution in [0.15, 0.2) is 205 Å². The third kappa shape index (κ3) is 23.7. The van der Waals surface area contributed by atoms with Crippen LogP contribution in [-0.4, -0.2) is 89.4 Å². The Kier molecular flexibility index (Phi) is 33.1. The molecule has 2 atom stereocenters. The van der Waals surface area contributed by atoms with Gasteiger partial charge >= 0.3 is 17.1 Å². The summed E-state index contributed by atoms with van der Waals surface area (Å²) in [4.78, 5) is 34.5. The van der Waals surface area contributed by atoms with Gasteiger partial charge in [-0.15, -0.1) is 0 Å². The second-order valence-corrected chi connectivity index (χ2v) is 16.8. The fourth-order valence-corrected chi connectivity index (χ4v) is 6.36. The van der Waals surface area contributed by atoms with Crippen molar-refractivity contribution in [3.63, 3.8) is 0 Å². The van der Waals surface area contributed by atoms with E-state index in [1.54, 1.807) is 77.8 Å². The van der Waals surface area contributed by atoms with Gasteiger partial charge in [0, 0.05) is 126 Å². The topological polar surface area (TPSA) is 256 Å². The molecule has 8 rings (SSSR count). The van der Waals surface area contributed by atoms with E-state index in [9.17, 15) is 0 Å². The molecule has 0 bridgehead atoms. The zero-order valence-corrected chi connectivity index (χ0v) is 47.8. The first-order valence-electron chi connectivity index (χ1n) is 23.3. The second kappa shape index (κ2) is 39.1. The van der Waals surface area contributed by atoms with Crippen molar-refractivity contribution in [1.29, 1.82) is 0 Å². The summed E-state index contributed by atoms with van der Waals surface area (Å²) in [6, 6.07) is 44.2. The molecule has 8 aromatic rings. The first kappa shape index (κ1) is 66.0. The molecule has 0 saturated heterocycles. The molecule has 2 unspecified atom stereocenters. The standard InChI is InChI=1S/2C13H16N5S.2C13H14N5S.Cu.Fe/c4*1-14-13(19)18-17-12(10-6-2-4-8-15-10)11-7-3-5-9-16-11;;/h2*2-9,12-14,18-19H,1H3;2*2-9,12H,1H3,(H2,14,18,19);;/q4*-1;;+4/p-4. The van der Waals surface area contributed by atoms with E-state index in [0.29, 0.717) is 10.3 Å². The maximum Gasteiger partial charge on any atom is 4.00 e. The SMILES string of the molecule is CNC([S-])=N[N-]C(c1ccccn1)c1ccccn1.CNC([S-])=N[N-]C(c1ccccn1)c1ccccn1.CNC([S-])N[N-]C(c1ccccn1)c1ccccn1.CNC([S-])N[N-]C(c1ccccn1)c1ccccn1.[Cu].[Fe+4]. The number of nitrogens with zero attached hydrogens (tertiary/aromatic N) is 14. The van der Waals surface area contributed by atoms with Gasteiger partial charge in [0.25, 0.3) is 0 Å². The molecule has 8 aromatic heterocycles. The summed E-state index contributed by atoms with van der Waals surface area (Å²) in [5.74, 6) is 0. The monoisotopic (exact) mass is 1210 g/mol. The van der Waals surface area contributed by atoms with E-state index in [0.717, 1.165) is 45.6 Å². The summed E-state index contributed by atoms with van der Waals surface area (Å²) in [6.07, 6.45) is 13.8. The normalized spacial score (nSPS) is 11.7. The van der Waals surface area contributed by atoms with Gasteiger partial charge in [0.05, 0.1) is 0 Å². The maximum absolute atomic E-state index is 5.10. The Bertz CT molecular complexity index is 2460. The van der Waals surface area contributed by atoms with Crippen LogP contribution in [0.4, 0.5) is 0 Å². The molecular formula is C52H56CuFeN20S4-4. The Hall–Kier alpha value is -6.32. The molecule has 0 aliphatic carbocycles. The fourth-order valence-electron chi connectivity index (χ4n) is 6.14. The van der Waals surface area contributed by atoms with Gasteiger partial charge in [-0.25, -0.2) is 0 Å². The summed E-state index contributed by atoms with van der Waals surface area (Å²) < 4.78 is 0. The van der Waals surface area contributed by atoms with Gasteiger partial charge < -0.3 is 115 Å². The van der Waals surface area contributed by atoms with Crippen molar-refractivity contribution in [2.45, 2.75) is 35.2 Å². The van der Waals surface area contributed by atoms with Crippen molar-refractivity contribution < 1.29 is 34.1 Å². The number of pyridine rings is 8. The third-order valence-electron chi connectivity index (χ3n) is 9.87. The molecule has 78 heavy (non-hydrogen) atoms. The number of hydrogen-bond donors (Lipinski definition) is 6. The molecule has 1 radical (unpaired) electrons. The smallest absolute Gasteiger partial charge is 0.760 e. The van der Waals surface area contributed by atoms with Gasteiger partial charge in [0.2, 0.25) is 0 Å². The van der Waals surface area contributed by atoms with E-state index in [1.807, 2.05) is 146 Å². The van der Waals surface area contributed by atoms with E-state index in [2.05, 4.69) is 104 Å². The Morgan fingerprint density at radius 2 is 0.577 bits per heavy atom.